The van der Waals surface area contributed by atoms with Crippen molar-refractivity contribution in [2.24, 2.45) is 17.8 Å². The van der Waals surface area contributed by atoms with Crippen molar-refractivity contribution < 1.29 is 19.1 Å². The number of hydrogen-bond acceptors (Lipinski definition) is 4. The number of carbonyl (C=O) groups is 3. The lowest BCUT2D eigenvalue weighted by Crippen LogP contribution is -2.23. The maximum atomic E-state index is 11.9. The van der Waals surface area contributed by atoms with E-state index in [1.165, 1.54) is 26.2 Å². The molecule has 1 aromatic carbocycles. The highest BCUT2D eigenvalue weighted by Gasteiger charge is 2.40. The first kappa shape index (κ1) is 16.7. The Morgan fingerprint density at radius 2 is 1.88 bits per heavy atom. The normalized spacial score (nSPS) is 24.6. The summed E-state index contributed by atoms with van der Waals surface area (Å²) < 4.78 is 5.10. The molecular weight excluding hydrogens is 306 g/mol. The van der Waals surface area contributed by atoms with Gasteiger partial charge in [-0.25, -0.2) is 0 Å². The summed E-state index contributed by atoms with van der Waals surface area (Å²) >= 11 is 0. The summed E-state index contributed by atoms with van der Waals surface area (Å²) in [5, 5.41) is 2.66. The van der Waals surface area contributed by atoms with E-state index in [0.29, 0.717) is 29.5 Å². The molecule has 2 saturated carbocycles. The molecule has 0 aromatic heterocycles. The van der Waals surface area contributed by atoms with Crippen molar-refractivity contribution in [1.82, 2.24) is 0 Å². The van der Waals surface area contributed by atoms with Crippen molar-refractivity contribution in [1.29, 1.82) is 0 Å². The first-order valence-electron chi connectivity index (χ1n) is 8.57. The van der Waals surface area contributed by atoms with E-state index in [0.717, 1.165) is 12.3 Å². The number of Topliss-reactive ketones (excluding diaryl/α,β-unsaturated/α-hetero) is 1. The highest BCUT2D eigenvalue weighted by atomic mass is 16.5. The molecule has 1 amide bonds. The van der Waals surface area contributed by atoms with Gasteiger partial charge in [-0.05, 0) is 68.2 Å². The molecule has 5 nitrogen and oxygen atoms in total. The summed E-state index contributed by atoms with van der Waals surface area (Å²) in [7, 11) is 0. The smallest absolute Gasteiger partial charge is 0.306 e. The number of benzene rings is 1. The van der Waals surface area contributed by atoms with Crippen molar-refractivity contribution >= 4 is 23.3 Å². The van der Waals surface area contributed by atoms with Crippen molar-refractivity contribution in [3.63, 3.8) is 0 Å². The molecule has 128 valence electrons. The van der Waals surface area contributed by atoms with Gasteiger partial charge >= 0.3 is 5.97 Å². The summed E-state index contributed by atoms with van der Waals surface area (Å²) in [6.45, 7) is 1.22. The third kappa shape index (κ3) is 4.02. The minimum absolute atomic E-state index is 0.0255. The van der Waals surface area contributed by atoms with Crippen LogP contribution in [-0.4, -0.2) is 24.3 Å². The SMILES string of the molecule is CC(=O)c1ccc(NC(=O)COC(=O)C[C@@H]2C[C@@H]3CC[C@@H]2C3)cc1. The standard InChI is InChI=1S/C19H23NO4/c1-12(21)14-4-6-17(7-5-14)20-18(22)11-24-19(23)10-16-9-13-2-3-15(16)8-13/h4-7,13,15-16H,2-3,8-11H2,1H3,(H,20,22)/t13-,15-,16+/m1/s1. The Balaban J connectivity index is 1.40. The van der Waals surface area contributed by atoms with Gasteiger partial charge in [0.2, 0.25) is 0 Å². The number of anilines is 1. The second-order valence-electron chi connectivity index (χ2n) is 6.98. The monoisotopic (exact) mass is 329 g/mol. The molecule has 0 spiro atoms. The Morgan fingerprint density at radius 1 is 1.12 bits per heavy atom. The molecule has 2 aliphatic rings. The topological polar surface area (TPSA) is 72.5 Å². The van der Waals surface area contributed by atoms with E-state index in [9.17, 15) is 14.4 Å². The Labute approximate surface area is 141 Å². The van der Waals surface area contributed by atoms with E-state index in [2.05, 4.69) is 5.32 Å². The fourth-order valence-corrected chi connectivity index (χ4v) is 4.03. The Kier molecular flexibility index (Phi) is 4.97. The second-order valence-corrected chi connectivity index (χ2v) is 6.98. The summed E-state index contributed by atoms with van der Waals surface area (Å²) in [5.74, 6) is 1.24. The third-order valence-electron chi connectivity index (χ3n) is 5.25. The lowest BCUT2D eigenvalue weighted by atomic mass is 9.86. The minimum atomic E-state index is -0.369. The van der Waals surface area contributed by atoms with Gasteiger partial charge in [0.25, 0.3) is 5.91 Å². The van der Waals surface area contributed by atoms with Crippen molar-refractivity contribution in [3.05, 3.63) is 29.8 Å². The van der Waals surface area contributed by atoms with E-state index in [4.69, 9.17) is 4.74 Å². The second kappa shape index (κ2) is 7.16. The van der Waals surface area contributed by atoms with Gasteiger partial charge in [-0.3, -0.25) is 14.4 Å². The van der Waals surface area contributed by atoms with E-state index in [1.807, 2.05) is 0 Å². The minimum Gasteiger partial charge on any atom is -0.456 e. The zero-order chi connectivity index (χ0) is 17.1. The number of ketones is 1. The molecule has 2 aliphatic carbocycles. The fraction of sp³-hybridized carbons (Fsp3) is 0.526. The zero-order valence-corrected chi connectivity index (χ0v) is 13.9. The van der Waals surface area contributed by atoms with Crippen molar-refractivity contribution in [2.45, 2.75) is 39.0 Å². The largest absolute Gasteiger partial charge is 0.456 e. The van der Waals surface area contributed by atoms with Crippen LogP contribution in [0.5, 0.6) is 0 Å². The molecular formula is C19H23NO4. The highest BCUT2D eigenvalue weighted by Crippen LogP contribution is 2.49. The van der Waals surface area contributed by atoms with Gasteiger partial charge in [0, 0.05) is 17.7 Å². The molecule has 1 aromatic rings. The molecule has 1 N–H and O–H groups in total. The average molecular weight is 329 g/mol. The molecule has 0 radical (unpaired) electrons. The van der Waals surface area contributed by atoms with Crippen LogP contribution in [0.4, 0.5) is 5.69 Å². The van der Waals surface area contributed by atoms with E-state index < -0.39 is 0 Å². The Morgan fingerprint density at radius 3 is 2.46 bits per heavy atom. The first-order valence-corrected chi connectivity index (χ1v) is 8.57. The highest BCUT2D eigenvalue weighted by molar-refractivity contribution is 5.96. The maximum Gasteiger partial charge on any atom is 0.306 e. The molecule has 2 bridgehead atoms. The molecule has 3 rings (SSSR count). The predicted octanol–water partition coefficient (Wildman–Crippen LogP) is 3.20. The molecule has 5 heteroatoms. The van der Waals surface area contributed by atoms with Gasteiger partial charge in [-0.2, -0.15) is 0 Å². The average Bonchev–Trinajstić information content (AvgIpc) is 3.16. The van der Waals surface area contributed by atoms with Gasteiger partial charge in [0.1, 0.15) is 0 Å². The van der Waals surface area contributed by atoms with Gasteiger partial charge in [0.05, 0.1) is 0 Å². The lowest BCUT2D eigenvalue weighted by molar-refractivity contribution is -0.148. The molecule has 0 saturated heterocycles. The van der Waals surface area contributed by atoms with Gasteiger partial charge in [-0.1, -0.05) is 6.42 Å². The van der Waals surface area contributed by atoms with Crippen molar-refractivity contribution in [3.8, 4) is 0 Å². The van der Waals surface area contributed by atoms with Crippen molar-refractivity contribution in [2.75, 3.05) is 11.9 Å². The number of esters is 1. The van der Waals surface area contributed by atoms with Crippen LogP contribution in [0.3, 0.4) is 0 Å². The number of rotatable bonds is 6. The molecule has 3 atom stereocenters. The molecule has 0 unspecified atom stereocenters. The van der Waals surface area contributed by atoms with Gasteiger partial charge in [-0.15, -0.1) is 0 Å². The van der Waals surface area contributed by atoms with Crippen LogP contribution in [0.15, 0.2) is 24.3 Å². The zero-order valence-electron chi connectivity index (χ0n) is 13.9. The number of fused-ring (bicyclic) bond motifs is 2. The van der Waals surface area contributed by atoms with Gasteiger partial charge in [0.15, 0.2) is 12.4 Å². The maximum absolute atomic E-state index is 11.9. The number of nitrogens with one attached hydrogen (secondary N) is 1. The molecule has 0 aliphatic heterocycles. The van der Waals surface area contributed by atoms with Crippen LogP contribution >= 0.6 is 0 Å². The molecule has 0 heterocycles. The summed E-state index contributed by atoms with van der Waals surface area (Å²) in [5.41, 5.74) is 1.17. The fourth-order valence-electron chi connectivity index (χ4n) is 4.03. The number of amides is 1. The number of ether oxygens (including phenoxy) is 1. The van der Waals surface area contributed by atoms with Crippen LogP contribution in [0, 0.1) is 17.8 Å². The number of hydrogen-bond donors (Lipinski definition) is 1. The van der Waals surface area contributed by atoms with E-state index >= 15 is 0 Å². The lowest BCUT2D eigenvalue weighted by Gasteiger charge is -2.20. The quantitative estimate of drug-likeness (QED) is 0.642. The summed E-state index contributed by atoms with van der Waals surface area (Å²) in [6.07, 6.45) is 5.37. The van der Waals surface area contributed by atoms with Crippen LogP contribution in [0.2, 0.25) is 0 Å². The van der Waals surface area contributed by atoms with E-state index in [-0.39, 0.29) is 24.3 Å². The Hall–Kier alpha value is -2.17. The molecule has 2 fully saturated rings. The van der Waals surface area contributed by atoms with Crippen LogP contribution in [0.25, 0.3) is 0 Å². The van der Waals surface area contributed by atoms with Crippen LogP contribution < -0.4 is 5.32 Å². The van der Waals surface area contributed by atoms with Gasteiger partial charge < -0.3 is 10.1 Å². The van der Waals surface area contributed by atoms with Crippen LogP contribution in [0.1, 0.15) is 49.4 Å². The first-order chi connectivity index (χ1) is 11.5. The summed E-state index contributed by atoms with van der Waals surface area (Å²) in [6, 6.07) is 6.62. The Bertz CT molecular complexity index is 637. The third-order valence-corrected chi connectivity index (χ3v) is 5.25. The molecule has 24 heavy (non-hydrogen) atoms. The summed E-state index contributed by atoms with van der Waals surface area (Å²) in [4.78, 5) is 35.0. The predicted molar refractivity (Wildman–Crippen MR) is 89.6 cm³/mol. The van der Waals surface area contributed by atoms with E-state index in [1.54, 1.807) is 24.3 Å². The number of carbonyl (C=O) groups excluding carboxylic acids is 3. The van der Waals surface area contributed by atoms with Crippen LogP contribution in [-0.2, 0) is 14.3 Å².